The second kappa shape index (κ2) is 8.01. The van der Waals surface area contributed by atoms with Gasteiger partial charge in [-0.2, -0.15) is 0 Å². The van der Waals surface area contributed by atoms with Crippen LogP contribution in [0, 0.1) is 11.8 Å². The molecule has 2 aliphatic rings. The largest absolute Gasteiger partial charge is 0.370 e. The van der Waals surface area contributed by atoms with Gasteiger partial charge in [-0.3, -0.25) is 4.90 Å². The van der Waals surface area contributed by atoms with Gasteiger partial charge in [-0.25, -0.2) is 0 Å². The average molecular weight is 330 g/mol. The first kappa shape index (κ1) is 17.9. The molecule has 2 heteroatoms. The molecule has 2 aliphatic heterocycles. The van der Waals surface area contributed by atoms with Crippen molar-refractivity contribution >= 4 is 0 Å². The third-order valence-electron chi connectivity index (χ3n) is 5.88. The molecule has 2 fully saturated rings. The zero-order valence-electron chi connectivity index (χ0n) is 15.9. The number of rotatable bonds is 7. The molecule has 0 saturated carbocycles. The molecular weight excluding hydrogens is 294 g/mol. The Kier molecular flexibility index (Phi) is 5.99. The highest BCUT2D eigenvalue weighted by atomic mass is 16.5. The molecule has 2 unspecified atom stereocenters. The molecule has 2 nitrogen and oxygen atoms in total. The fourth-order valence-electron chi connectivity index (χ4n) is 4.58. The molecule has 0 aliphatic carbocycles. The smallest absolute Gasteiger partial charge is 0.0851 e. The number of benzene rings is 1. The van der Waals surface area contributed by atoms with Gasteiger partial charge in [0.25, 0.3) is 0 Å². The molecule has 0 spiro atoms. The lowest BCUT2D eigenvalue weighted by Gasteiger charge is -2.40. The summed E-state index contributed by atoms with van der Waals surface area (Å²) in [6, 6.07) is 12.3. The van der Waals surface area contributed by atoms with Gasteiger partial charge < -0.3 is 4.74 Å². The minimum absolute atomic E-state index is 0.234. The first-order valence-electron chi connectivity index (χ1n) is 10.0. The summed E-state index contributed by atoms with van der Waals surface area (Å²) < 4.78 is 6.67. The van der Waals surface area contributed by atoms with Crippen molar-refractivity contribution in [3.63, 3.8) is 0 Å². The minimum Gasteiger partial charge on any atom is -0.370 e. The Bertz CT molecular complexity index is 484. The molecule has 0 aromatic heterocycles. The maximum Gasteiger partial charge on any atom is 0.0851 e. The zero-order valence-corrected chi connectivity index (χ0v) is 15.9. The van der Waals surface area contributed by atoms with E-state index in [2.05, 4.69) is 62.9 Å². The summed E-state index contributed by atoms with van der Waals surface area (Å²) in [5.74, 6) is 1.32. The van der Waals surface area contributed by atoms with E-state index in [1.54, 1.807) is 0 Å². The van der Waals surface area contributed by atoms with Crippen molar-refractivity contribution in [1.82, 2.24) is 4.90 Å². The topological polar surface area (TPSA) is 12.5 Å². The average Bonchev–Trinajstić information content (AvgIpc) is 2.80. The normalized spacial score (nSPS) is 28.7. The standard InChI is InChI=1S/C22H35NO/c1-16(2)12-13-23-19-10-11-20(23)15-21(14-19)24-22(17(3)4)18-8-6-5-7-9-18/h5-9,16-17,19-22H,10-15H2,1-4H3/t19-,20+,21?,22?. The van der Waals surface area contributed by atoms with Crippen molar-refractivity contribution in [2.75, 3.05) is 6.54 Å². The van der Waals surface area contributed by atoms with Crippen LogP contribution >= 0.6 is 0 Å². The van der Waals surface area contributed by atoms with Crippen LogP contribution in [0.3, 0.4) is 0 Å². The molecule has 1 aromatic rings. The number of hydrogen-bond donors (Lipinski definition) is 0. The summed E-state index contributed by atoms with van der Waals surface area (Å²) in [6.45, 7) is 10.5. The summed E-state index contributed by atoms with van der Waals surface area (Å²) in [4.78, 5) is 2.80. The van der Waals surface area contributed by atoms with Gasteiger partial charge in [-0.05, 0) is 56.0 Å². The van der Waals surface area contributed by atoms with Crippen LogP contribution in [0.4, 0.5) is 0 Å². The molecule has 4 atom stereocenters. The highest BCUT2D eigenvalue weighted by Crippen LogP contribution is 2.39. The van der Waals surface area contributed by atoms with Gasteiger partial charge >= 0.3 is 0 Å². The Morgan fingerprint density at radius 1 is 1.00 bits per heavy atom. The summed E-state index contributed by atoms with van der Waals surface area (Å²) in [7, 11) is 0. The first-order valence-corrected chi connectivity index (χ1v) is 10.0. The predicted octanol–water partition coefficient (Wildman–Crippen LogP) is 5.44. The van der Waals surface area contributed by atoms with E-state index in [4.69, 9.17) is 4.74 Å². The molecule has 24 heavy (non-hydrogen) atoms. The summed E-state index contributed by atoms with van der Waals surface area (Å²) >= 11 is 0. The molecule has 134 valence electrons. The minimum atomic E-state index is 0.234. The van der Waals surface area contributed by atoms with E-state index >= 15 is 0 Å². The van der Waals surface area contributed by atoms with E-state index < -0.39 is 0 Å². The number of piperidine rings is 1. The highest BCUT2D eigenvalue weighted by molar-refractivity contribution is 5.18. The second-order valence-electron chi connectivity index (χ2n) is 8.61. The fourth-order valence-corrected chi connectivity index (χ4v) is 4.58. The van der Waals surface area contributed by atoms with Gasteiger partial charge in [0.1, 0.15) is 0 Å². The van der Waals surface area contributed by atoms with Crippen molar-refractivity contribution in [2.45, 2.75) is 84.1 Å². The Morgan fingerprint density at radius 2 is 1.62 bits per heavy atom. The SMILES string of the molecule is CC(C)CCN1[C@@H]2CC[C@H]1CC(OC(c1ccccc1)C(C)C)C2. The quantitative estimate of drug-likeness (QED) is 0.660. The van der Waals surface area contributed by atoms with E-state index in [1.165, 1.54) is 44.2 Å². The van der Waals surface area contributed by atoms with Gasteiger partial charge in [0.05, 0.1) is 12.2 Å². The van der Waals surface area contributed by atoms with Crippen molar-refractivity contribution in [2.24, 2.45) is 11.8 Å². The monoisotopic (exact) mass is 329 g/mol. The van der Waals surface area contributed by atoms with Crippen molar-refractivity contribution in [1.29, 1.82) is 0 Å². The van der Waals surface area contributed by atoms with Crippen LogP contribution in [0.15, 0.2) is 30.3 Å². The predicted molar refractivity (Wildman–Crippen MR) is 101 cm³/mol. The molecular formula is C22H35NO. The van der Waals surface area contributed by atoms with Crippen LogP contribution in [0.25, 0.3) is 0 Å². The molecule has 3 rings (SSSR count). The molecule has 2 bridgehead atoms. The van der Waals surface area contributed by atoms with Crippen molar-refractivity contribution in [3.8, 4) is 0 Å². The van der Waals surface area contributed by atoms with Crippen molar-refractivity contribution < 1.29 is 4.74 Å². The van der Waals surface area contributed by atoms with Crippen LogP contribution in [0.1, 0.15) is 71.5 Å². The molecule has 2 heterocycles. The molecule has 0 radical (unpaired) electrons. The van der Waals surface area contributed by atoms with E-state index in [0.29, 0.717) is 12.0 Å². The van der Waals surface area contributed by atoms with Crippen LogP contribution in [0.5, 0.6) is 0 Å². The van der Waals surface area contributed by atoms with Crippen LogP contribution in [-0.4, -0.2) is 29.6 Å². The first-order chi connectivity index (χ1) is 11.5. The molecule has 0 N–H and O–H groups in total. The Morgan fingerprint density at radius 3 is 2.17 bits per heavy atom. The van der Waals surface area contributed by atoms with Crippen LogP contribution < -0.4 is 0 Å². The van der Waals surface area contributed by atoms with E-state index in [0.717, 1.165) is 18.0 Å². The summed E-state index contributed by atoms with van der Waals surface area (Å²) in [5.41, 5.74) is 1.34. The third kappa shape index (κ3) is 4.21. The number of hydrogen-bond acceptors (Lipinski definition) is 2. The van der Waals surface area contributed by atoms with E-state index in [9.17, 15) is 0 Å². The van der Waals surface area contributed by atoms with E-state index in [1.807, 2.05) is 0 Å². The van der Waals surface area contributed by atoms with Gasteiger partial charge in [-0.15, -0.1) is 0 Å². The van der Waals surface area contributed by atoms with Gasteiger partial charge in [0, 0.05) is 12.1 Å². The lowest BCUT2D eigenvalue weighted by atomic mass is 9.95. The zero-order chi connectivity index (χ0) is 17.1. The van der Waals surface area contributed by atoms with Crippen LogP contribution in [-0.2, 0) is 4.74 Å². The van der Waals surface area contributed by atoms with Crippen molar-refractivity contribution in [3.05, 3.63) is 35.9 Å². The van der Waals surface area contributed by atoms with Crippen LogP contribution in [0.2, 0.25) is 0 Å². The van der Waals surface area contributed by atoms with Gasteiger partial charge in [-0.1, -0.05) is 58.0 Å². The number of nitrogens with zero attached hydrogens (tertiary/aromatic N) is 1. The maximum atomic E-state index is 6.67. The number of fused-ring (bicyclic) bond motifs is 2. The molecule has 0 amide bonds. The summed E-state index contributed by atoms with van der Waals surface area (Å²) in [5, 5.41) is 0. The maximum absolute atomic E-state index is 6.67. The fraction of sp³-hybridized carbons (Fsp3) is 0.727. The molecule has 2 saturated heterocycles. The lowest BCUT2D eigenvalue weighted by Crippen LogP contribution is -2.46. The second-order valence-corrected chi connectivity index (χ2v) is 8.61. The number of ether oxygens (including phenoxy) is 1. The third-order valence-corrected chi connectivity index (χ3v) is 5.88. The molecule has 1 aromatic carbocycles. The van der Waals surface area contributed by atoms with Gasteiger partial charge in [0.2, 0.25) is 0 Å². The summed E-state index contributed by atoms with van der Waals surface area (Å²) in [6.07, 6.45) is 7.20. The Labute approximate surface area is 148 Å². The Balaban J connectivity index is 1.61. The lowest BCUT2D eigenvalue weighted by molar-refractivity contribution is -0.0791. The van der Waals surface area contributed by atoms with E-state index in [-0.39, 0.29) is 6.10 Å². The Hall–Kier alpha value is -0.860. The van der Waals surface area contributed by atoms with Gasteiger partial charge in [0.15, 0.2) is 0 Å². The highest BCUT2D eigenvalue weighted by Gasteiger charge is 2.41.